The van der Waals surface area contributed by atoms with Gasteiger partial charge in [0.15, 0.2) is 0 Å². The highest BCUT2D eigenvalue weighted by Crippen LogP contribution is 2.25. The first kappa shape index (κ1) is 23.1. The zero-order valence-corrected chi connectivity index (χ0v) is 19.7. The van der Waals surface area contributed by atoms with E-state index in [1.54, 1.807) is 24.3 Å². The Morgan fingerprint density at radius 2 is 1.65 bits per heavy atom. The summed E-state index contributed by atoms with van der Waals surface area (Å²) in [7, 11) is 0. The van der Waals surface area contributed by atoms with Crippen LogP contribution in [0.5, 0.6) is 0 Å². The molecule has 0 aliphatic rings. The maximum absolute atomic E-state index is 13.9. The zero-order valence-electron chi connectivity index (χ0n) is 18.1. The quantitative estimate of drug-likeness (QED) is 0.270. The standard InChI is InChI=1S/C26H20BrFN4O2/c1-16-4-2-3-5-21(16)17-6-10-20(11-7-17)30-26(34)31-23-12-9-19(28)14-22(23)25(33)32-24-13-8-18(27)15-29-24/h2-15H,1H3,(H,29,32,33)(H2,30,31,34). The van der Waals surface area contributed by atoms with Crippen molar-refractivity contribution in [2.45, 2.75) is 6.92 Å². The van der Waals surface area contributed by atoms with E-state index in [2.05, 4.69) is 36.9 Å². The summed E-state index contributed by atoms with van der Waals surface area (Å²) in [5.74, 6) is -0.916. The first-order chi connectivity index (χ1) is 16.4. The maximum atomic E-state index is 13.9. The zero-order chi connectivity index (χ0) is 24.1. The highest BCUT2D eigenvalue weighted by atomic mass is 79.9. The van der Waals surface area contributed by atoms with Gasteiger partial charge in [-0.05, 0) is 82.0 Å². The lowest BCUT2D eigenvalue weighted by Crippen LogP contribution is -2.22. The first-order valence-corrected chi connectivity index (χ1v) is 11.1. The lowest BCUT2D eigenvalue weighted by atomic mass is 10.0. The third kappa shape index (κ3) is 5.65. The molecule has 8 heteroatoms. The van der Waals surface area contributed by atoms with E-state index < -0.39 is 17.8 Å². The van der Waals surface area contributed by atoms with Crippen molar-refractivity contribution in [1.29, 1.82) is 0 Å². The number of nitrogens with one attached hydrogen (secondary N) is 3. The number of aryl methyl sites for hydroxylation is 1. The van der Waals surface area contributed by atoms with E-state index in [-0.39, 0.29) is 11.3 Å². The van der Waals surface area contributed by atoms with Gasteiger partial charge in [0.05, 0.1) is 11.3 Å². The minimum Gasteiger partial charge on any atom is -0.308 e. The number of carbonyl (C=O) groups is 2. The number of rotatable bonds is 5. The van der Waals surface area contributed by atoms with Crippen molar-refractivity contribution in [1.82, 2.24) is 4.98 Å². The second kappa shape index (κ2) is 10.3. The van der Waals surface area contributed by atoms with Crippen molar-refractivity contribution in [3.05, 3.63) is 106 Å². The molecule has 3 N–H and O–H groups in total. The Balaban J connectivity index is 1.46. The van der Waals surface area contributed by atoms with Gasteiger partial charge in [-0.25, -0.2) is 14.2 Å². The average molecular weight is 519 g/mol. The number of pyridine rings is 1. The van der Waals surface area contributed by atoms with E-state index in [4.69, 9.17) is 0 Å². The molecule has 0 aliphatic carbocycles. The van der Waals surface area contributed by atoms with Crippen LogP contribution in [0.1, 0.15) is 15.9 Å². The van der Waals surface area contributed by atoms with Gasteiger partial charge in [0.2, 0.25) is 0 Å². The van der Waals surface area contributed by atoms with E-state index in [1.165, 1.54) is 18.3 Å². The van der Waals surface area contributed by atoms with Gasteiger partial charge >= 0.3 is 6.03 Å². The van der Waals surface area contributed by atoms with Gasteiger partial charge in [0, 0.05) is 16.4 Å². The molecular weight excluding hydrogens is 499 g/mol. The minimum absolute atomic E-state index is 0.0326. The van der Waals surface area contributed by atoms with Crippen molar-refractivity contribution < 1.29 is 14.0 Å². The smallest absolute Gasteiger partial charge is 0.308 e. The molecule has 0 atom stereocenters. The van der Waals surface area contributed by atoms with Gasteiger partial charge in [-0.3, -0.25) is 4.79 Å². The molecule has 0 saturated heterocycles. The van der Waals surface area contributed by atoms with Crippen molar-refractivity contribution in [3.8, 4) is 11.1 Å². The molecule has 34 heavy (non-hydrogen) atoms. The highest BCUT2D eigenvalue weighted by molar-refractivity contribution is 9.10. The van der Waals surface area contributed by atoms with Gasteiger partial charge in [0.25, 0.3) is 5.91 Å². The predicted octanol–water partition coefficient (Wildman–Crippen LogP) is 6.85. The van der Waals surface area contributed by atoms with Crippen LogP contribution in [-0.4, -0.2) is 16.9 Å². The summed E-state index contributed by atoms with van der Waals surface area (Å²) in [5.41, 5.74) is 3.99. The number of urea groups is 1. The Morgan fingerprint density at radius 1 is 0.882 bits per heavy atom. The van der Waals surface area contributed by atoms with E-state index >= 15 is 0 Å². The third-order valence-corrected chi connectivity index (χ3v) is 5.51. The third-order valence-electron chi connectivity index (χ3n) is 5.04. The molecule has 4 rings (SSSR count). The Morgan fingerprint density at radius 3 is 2.35 bits per heavy atom. The molecule has 0 unspecified atom stereocenters. The number of hydrogen-bond acceptors (Lipinski definition) is 3. The van der Waals surface area contributed by atoms with Crippen molar-refractivity contribution in [2.24, 2.45) is 0 Å². The number of benzene rings is 3. The van der Waals surface area contributed by atoms with E-state index in [9.17, 15) is 14.0 Å². The van der Waals surface area contributed by atoms with Crippen LogP contribution in [0.4, 0.5) is 26.4 Å². The van der Waals surface area contributed by atoms with Crippen LogP contribution in [0.25, 0.3) is 11.1 Å². The lowest BCUT2D eigenvalue weighted by Gasteiger charge is -2.13. The number of anilines is 3. The Kier molecular flexibility index (Phi) is 6.98. The molecule has 4 aromatic rings. The number of hydrogen-bond donors (Lipinski definition) is 3. The largest absolute Gasteiger partial charge is 0.323 e. The summed E-state index contributed by atoms with van der Waals surface area (Å²) in [6, 6.07) is 21.8. The fourth-order valence-corrected chi connectivity index (χ4v) is 3.60. The van der Waals surface area contributed by atoms with Crippen LogP contribution in [0, 0.1) is 12.7 Å². The van der Waals surface area contributed by atoms with Crippen LogP contribution in [0.2, 0.25) is 0 Å². The fraction of sp³-hybridized carbons (Fsp3) is 0.0385. The highest BCUT2D eigenvalue weighted by Gasteiger charge is 2.16. The number of halogens is 2. The van der Waals surface area contributed by atoms with Gasteiger partial charge in [0.1, 0.15) is 11.6 Å². The molecular formula is C26H20BrFN4O2. The SMILES string of the molecule is Cc1ccccc1-c1ccc(NC(=O)Nc2ccc(F)cc2C(=O)Nc2ccc(Br)cn2)cc1. The molecule has 3 aromatic carbocycles. The molecule has 170 valence electrons. The molecule has 6 nitrogen and oxygen atoms in total. The number of amides is 3. The second-order valence-electron chi connectivity index (χ2n) is 7.48. The summed E-state index contributed by atoms with van der Waals surface area (Å²) >= 11 is 3.27. The van der Waals surface area contributed by atoms with E-state index in [1.807, 2.05) is 43.3 Å². The van der Waals surface area contributed by atoms with E-state index in [0.717, 1.165) is 27.2 Å². The first-order valence-electron chi connectivity index (χ1n) is 10.4. The van der Waals surface area contributed by atoms with Crippen LogP contribution in [0.3, 0.4) is 0 Å². The number of nitrogens with zero attached hydrogens (tertiary/aromatic N) is 1. The van der Waals surface area contributed by atoms with Gasteiger partial charge in [-0.2, -0.15) is 0 Å². The molecule has 0 saturated carbocycles. The Bertz CT molecular complexity index is 1340. The van der Waals surface area contributed by atoms with Gasteiger partial charge in [-0.1, -0.05) is 36.4 Å². The molecule has 0 aliphatic heterocycles. The van der Waals surface area contributed by atoms with Crippen LogP contribution >= 0.6 is 15.9 Å². The molecule has 0 bridgehead atoms. The molecule has 1 aromatic heterocycles. The predicted molar refractivity (Wildman–Crippen MR) is 136 cm³/mol. The van der Waals surface area contributed by atoms with Crippen molar-refractivity contribution in [3.63, 3.8) is 0 Å². The molecule has 0 spiro atoms. The Hall–Kier alpha value is -4.04. The van der Waals surface area contributed by atoms with Crippen LogP contribution < -0.4 is 16.0 Å². The molecule has 0 fully saturated rings. The minimum atomic E-state index is -0.605. The van der Waals surface area contributed by atoms with Gasteiger partial charge < -0.3 is 16.0 Å². The number of aromatic nitrogens is 1. The van der Waals surface area contributed by atoms with E-state index in [0.29, 0.717) is 11.5 Å². The summed E-state index contributed by atoms with van der Waals surface area (Å²) in [5, 5.41) is 7.93. The maximum Gasteiger partial charge on any atom is 0.323 e. The number of carbonyl (C=O) groups excluding carboxylic acids is 2. The second-order valence-corrected chi connectivity index (χ2v) is 8.39. The summed E-state index contributed by atoms with van der Waals surface area (Å²) in [6.07, 6.45) is 1.53. The lowest BCUT2D eigenvalue weighted by molar-refractivity contribution is 0.102. The Labute approximate surface area is 204 Å². The molecule has 1 heterocycles. The monoisotopic (exact) mass is 518 g/mol. The summed E-state index contributed by atoms with van der Waals surface area (Å²) in [6.45, 7) is 2.04. The summed E-state index contributed by atoms with van der Waals surface area (Å²) in [4.78, 5) is 29.4. The van der Waals surface area contributed by atoms with Crippen LogP contribution in [-0.2, 0) is 0 Å². The van der Waals surface area contributed by atoms with Gasteiger partial charge in [-0.15, -0.1) is 0 Å². The molecule has 3 amide bonds. The fourth-order valence-electron chi connectivity index (χ4n) is 3.36. The average Bonchev–Trinajstić information content (AvgIpc) is 2.82. The van der Waals surface area contributed by atoms with Crippen molar-refractivity contribution >= 4 is 45.1 Å². The topological polar surface area (TPSA) is 83.1 Å². The summed E-state index contributed by atoms with van der Waals surface area (Å²) < 4.78 is 14.6. The van der Waals surface area contributed by atoms with Crippen LogP contribution in [0.15, 0.2) is 89.5 Å². The molecule has 0 radical (unpaired) electrons. The van der Waals surface area contributed by atoms with Crippen molar-refractivity contribution in [2.75, 3.05) is 16.0 Å². The normalized spacial score (nSPS) is 10.4.